The van der Waals surface area contributed by atoms with Gasteiger partial charge < -0.3 is 15.0 Å². The molecule has 0 bridgehead atoms. The molecular formula is C12H12N4O4. The fourth-order valence-corrected chi connectivity index (χ4v) is 1.79. The van der Waals surface area contributed by atoms with Gasteiger partial charge in [0.1, 0.15) is 5.69 Å². The number of carbonyl (C=O) groups is 1. The van der Waals surface area contributed by atoms with E-state index in [-0.39, 0.29) is 16.9 Å². The molecule has 0 aliphatic carbocycles. The summed E-state index contributed by atoms with van der Waals surface area (Å²) in [5.41, 5.74) is -0.356. The van der Waals surface area contributed by atoms with Gasteiger partial charge in [0.2, 0.25) is 0 Å². The number of nitro groups is 1. The Kier molecular flexibility index (Phi) is 3.94. The van der Waals surface area contributed by atoms with Crippen LogP contribution in [0.3, 0.4) is 0 Å². The van der Waals surface area contributed by atoms with Crippen LogP contribution >= 0.6 is 0 Å². The third kappa shape index (κ3) is 2.91. The second-order valence-electron chi connectivity index (χ2n) is 3.99. The van der Waals surface area contributed by atoms with Gasteiger partial charge in [-0.15, -0.1) is 0 Å². The molecule has 1 heterocycles. The molecule has 1 aromatic heterocycles. The number of benzene rings is 1. The lowest BCUT2D eigenvalue weighted by atomic mass is 10.1. The molecule has 8 heteroatoms. The summed E-state index contributed by atoms with van der Waals surface area (Å²) < 4.78 is 1.78. The number of anilines is 1. The zero-order valence-electron chi connectivity index (χ0n) is 10.4. The van der Waals surface area contributed by atoms with Crippen molar-refractivity contribution in [3.05, 3.63) is 52.6 Å². The standard InChI is InChI=1S/C12H12N4O4/c17-12(18)9-2-1-3-10(16(19)20)11(9)14-5-7-15-6-4-13-8-15/h1-4,6,8,14H,5,7H2,(H,17,18). The van der Waals surface area contributed by atoms with E-state index in [9.17, 15) is 14.9 Å². The van der Waals surface area contributed by atoms with Crippen molar-refractivity contribution in [1.82, 2.24) is 9.55 Å². The fraction of sp³-hybridized carbons (Fsp3) is 0.167. The molecule has 104 valence electrons. The number of nitro benzene ring substituents is 1. The van der Waals surface area contributed by atoms with Gasteiger partial charge >= 0.3 is 5.97 Å². The Morgan fingerprint density at radius 3 is 2.90 bits per heavy atom. The molecular weight excluding hydrogens is 264 g/mol. The lowest BCUT2D eigenvalue weighted by Crippen LogP contribution is -2.13. The highest BCUT2D eigenvalue weighted by atomic mass is 16.6. The van der Waals surface area contributed by atoms with E-state index >= 15 is 0 Å². The number of hydrogen-bond donors (Lipinski definition) is 2. The lowest BCUT2D eigenvalue weighted by molar-refractivity contribution is -0.384. The van der Waals surface area contributed by atoms with E-state index in [4.69, 9.17) is 5.11 Å². The quantitative estimate of drug-likeness (QED) is 0.612. The summed E-state index contributed by atoms with van der Waals surface area (Å²) >= 11 is 0. The lowest BCUT2D eigenvalue weighted by Gasteiger charge is -2.10. The van der Waals surface area contributed by atoms with Gasteiger partial charge in [0.15, 0.2) is 0 Å². The number of aromatic nitrogens is 2. The van der Waals surface area contributed by atoms with Crippen molar-refractivity contribution in [2.24, 2.45) is 0 Å². The Bertz CT molecular complexity index is 592. The van der Waals surface area contributed by atoms with Crippen LogP contribution in [0, 0.1) is 10.1 Å². The molecule has 0 saturated carbocycles. The Labute approximate surface area is 113 Å². The predicted molar refractivity (Wildman–Crippen MR) is 70.8 cm³/mol. The summed E-state index contributed by atoms with van der Waals surface area (Å²) in [7, 11) is 0. The fourth-order valence-electron chi connectivity index (χ4n) is 1.79. The molecule has 0 radical (unpaired) electrons. The first kappa shape index (κ1) is 13.5. The Morgan fingerprint density at radius 2 is 2.30 bits per heavy atom. The minimum Gasteiger partial charge on any atom is -0.478 e. The van der Waals surface area contributed by atoms with Crippen molar-refractivity contribution in [1.29, 1.82) is 0 Å². The van der Waals surface area contributed by atoms with Gasteiger partial charge in [0.25, 0.3) is 5.69 Å². The summed E-state index contributed by atoms with van der Waals surface area (Å²) in [6, 6.07) is 3.95. The minimum absolute atomic E-state index is 0.0186. The summed E-state index contributed by atoms with van der Waals surface area (Å²) in [6.07, 6.45) is 4.98. The summed E-state index contributed by atoms with van der Waals surface area (Å²) in [4.78, 5) is 25.3. The largest absolute Gasteiger partial charge is 0.478 e. The molecule has 0 saturated heterocycles. The third-order valence-corrected chi connectivity index (χ3v) is 2.70. The normalized spacial score (nSPS) is 10.2. The van der Waals surface area contributed by atoms with Gasteiger partial charge in [-0.1, -0.05) is 6.07 Å². The van der Waals surface area contributed by atoms with E-state index < -0.39 is 10.9 Å². The zero-order chi connectivity index (χ0) is 14.5. The maximum absolute atomic E-state index is 11.1. The number of hydrogen-bond acceptors (Lipinski definition) is 5. The summed E-state index contributed by atoms with van der Waals surface area (Å²) in [5.74, 6) is -1.21. The molecule has 2 aromatic rings. The SMILES string of the molecule is O=C(O)c1cccc([N+](=O)[O-])c1NCCn1ccnc1. The van der Waals surface area contributed by atoms with Crippen LogP contribution in [0.1, 0.15) is 10.4 Å². The van der Waals surface area contributed by atoms with Gasteiger partial charge in [-0.2, -0.15) is 0 Å². The van der Waals surface area contributed by atoms with Crippen LogP contribution in [-0.4, -0.2) is 32.1 Å². The van der Waals surface area contributed by atoms with E-state index in [0.29, 0.717) is 13.1 Å². The van der Waals surface area contributed by atoms with Gasteiger partial charge in [0, 0.05) is 31.5 Å². The molecule has 20 heavy (non-hydrogen) atoms. The van der Waals surface area contributed by atoms with Crippen LogP contribution in [-0.2, 0) is 6.54 Å². The number of nitrogens with one attached hydrogen (secondary N) is 1. The van der Waals surface area contributed by atoms with E-state index in [0.717, 1.165) is 0 Å². The first-order chi connectivity index (χ1) is 9.59. The molecule has 1 aromatic carbocycles. The molecule has 0 fully saturated rings. The molecule has 0 amide bonds. The van der Waals surface area contributed by atoms with E-state index in [1.54, 1.807) is 23.3 Å². The number of aromatic carboxylic acids is 1. The monoisotopic (exact) mass is 276 g/mol. The van der Waals surface area contributed by atoms with Crippen LogP contribution in [0.4, 0.5) is 11.4 Å². The minimum atomic E-state index is -1.21. The molecule has 0 spiro atoms. The zero-order valence-corrected chi connectivity index (χ0v) is 10.4. The van der Waals surface area contributed by atoms with Gasteiger partial charge in [0.05, 0.1) is 16.8 Å². The Balaban J connectivity index is 2.19. The first-order valence-corrected chi connectivity index (χ1v) is 5.80. The van der Waals surface area contributed by atoms with Crippen molar-refractivity contribution in [2.45, 2.75) is 6.54 Å². The molecule has 0 aliphatic heterocycles. The molecule has 8 nitrogen and oxygen atoms in total. The van der Waals surface area contributed by atoms with Gasteiger partial charge in [-0.3, -0.25) is 10.1 Å². The molecule has 0 aliphatic rings. The molecule has 0 unspecified atom stereocenters. The van der Waals surface area contributed by atoms with Crippen LogP contribution in [0.15, 0.2) is 36.9 Å². The van der Waals surface area contributed by atoms with Crippen LogP contribution in [0.25, 0.3) is 0 Å². The number of imidazole rings is 1. The summed E-state index contributed by atoms with van der Waals surface area (Å²) in [6.45, 7) is 0.868. The number of para-hydroxylation sites is 1. The average molecular weight is 276 g/mol. The van der Waals surface area contributed by atoms with Crippen molar-refractivity contribution in [3.63, 3.8) is 0 Å². The van der Waals surface area contributed by atoms with Crippen molar-refractivity contribution >= 4 is 17.3 Å². The molecule has 2 N–H and O–H groups in total. The molecule has 2 rings (SSSR count). The van der Waals surface area contributed by atoms with Crippen LogP contribution in [0.2, 0.25) is 0 Å². The third-order valence-electron chi connectivity index (χ3n) is 2.70. The van der Waals surface area contributed by atoms with Gasteiger partial charge in [-0.25, -0.2) is 9.78 Å². The summed E-state index contributed by atoms with van der Waals surface area (Å²) in [5, 5.41) is 22.8. The molecule has 0 atom stereocenters. The average Bonchev–Trinajstić information content (AvgIpc) is 2.91. The second kappa shape index (κ2) is 5.83. The van der Waals surface area contributed by atoms with E-state index in [2.05, 4.69) is 10.3 Å². The van der Waals surface area contributed by atoms with E-state index in [1.165, 1.54) is 18.2 Å². The second-order valence-corrected chi connectivity index (χ2v) is 3.99. The Hall–Kier alpha value is -2.90. The van der Waals surface area contributed by atoms with Crippen LogP contribution < -0.4 is 5.32 Å². The van der Waals surface area contributed by atoms with Crippen molar-refractivity contribution in [3.8, 4) is 0 Å². The highest BCUT2D eigenvalue weighted by molar-refractivity contribution is 5.96. The first-order valence-electron chi connectivity index (χ1n) is 5.80. The van der Waals surface area contributed by atoms with Crippen molar-refractivity contribution in [2.75, 3.05) is 11.9 Å². The number of carboxylic acid groups (broad SMARTS) is 1. The number of rotatable bonds is 6. The maximum Gasteiger partial charge on any atom is 0.338 e. The topological polar surface area (TPSA) is 110 Å². The smallest absolute Gasteiger partial charge is 0.338 e. The maximum atomic E-state index is 11.1. The Morgan fingerprint density at radius 1 is 1.50 bits per heavy atom. The number of nitrogens with zero attached hydrogens (tertiary/aromatic N) is 3. The van der Waals surface area contributed by atoms with Gasteiger partial charge in [-0.05, 0) is 6.07 Å². The van der Waals surface area contributed by atoms with Crippen molar-refractivity contribution < 1.29 is 14.8 Å². The number of carboxylic acids is 1. The van der Waals surface area contributed by atoms with E-state index in [1.807, 2.05) is 0 Å². The highest BCUT2D eigenvalue weighted by Crippen LogP contribution is 2.28. The van der Waals surface area contributed by atoms with Crippen LogP contribution in [0.5, 0.6) is 0 Å². The highest BCUT2D eigenvalue weighted by Gasteiger charge is 2.20. The predicted octanol–water partition coefficient (Wildman–Crippen LogP) is 1.60.